The standard InChI is InChI=1S/C14H24N2O4S/c1-12-4-10-20-14(11-12)5-8-16(9-6-14)13(17)3-7-15-21(2,18)19/h11,15H,3-10H2,1-2H3. The van der Waals surface area contributed by atoms with Gasteiger partial charge >= 0.3 is 0 Å². The molecule has 6 nitrogen and oxygen atoms in total. The molecule has 0 aromatic carbocycles. The molecule has 120 valence electrons. The van der Waals surface area contributed by atoms with E-state index in [1.54, 1.807) is 4.90 Å². The van der Waals surface area contributed by atoms with Gasteiger partial charge in [-0.15, -0.1) is 0 Å². The zero-order valence-corrected chi connectivity index (χ0v) is 13.5. The molecule has 0 aromatic heterocycles. The molecule has 0 aliphatic carbocycles. The third-order valence-corrected chi connectivity index (χ3v) is 4.79. The van der Waals surface area contributed by atoms with Gasteiger partial charge in [0.25, 0.3) is 0 Å². The van der Waals surface area contributed by atoms with Gasteiger partial charge in [-0.3, -0.25) is 4.79 Å². The van der Waals surface area contributed by atoms with E-state index in [-0.39, 0.29) is 24.5 Å². The van der Waals surface area contributed by atoms with Crippen LogP contribution < -0.4 is 4.72 Å². The molecule has 1 fully saturated rings. The monoisotopic (exact) mass is 316 g/mol. The molecule has 0 unspecified atom stereocenters. The quantitative estimate of drug-likeness (QED) is 0.773. The van der Waals surface area contributed by atoms with Gasteiger partial charge in [-0.25, -0.2) is 13.1 Å². The average Bonchev–Trinajstić information content (AvgIpc) is 2.37. The van der Waals surface area contributed by atoms with Crippen LogP contribution in [0.4, 0.5) is 0 Å². The van der Waals surface area contributed by atoms with Crippen molar-refractivity contribution in [1.29, 1.82) is 0 Å². The van der Waals surface area contributed by atoms with Crippen LogP contribution >= 0.6 is 0 Å². The number of nitrogens with zero attached hydrogens (tertiary/aromatic N) is 1. The lowest BCUT2D eigenvalue weighted by atomic mass is 9.87. The smallest absolute Gasteiger partial charge is 0.223 e. The van der Waals surface area contributed by atoms with Crippen LogP contribution in [0.25, 0.3) is 0 Å². The molecule has 2 aliphatic rings. The summed E-state index contributed by atoms with van der Waals surface area (Å²) in [5.41, 5.74) is 1.17. The van der Waals surface area contributed by atoms with Crippen LogP contribution in [0.2, 0.25) is 0 Å². The summed E-state index contributed by atoms with van der Waals surface area (Å²) in [5, 5.41) is 0. The predicted octanol–water partition coefficient (Wildman–Crippen LogP) is 0.654. The Bertz CT molecular complexity index is 519. The number of carbonyl (C=O) groups excluding carboxylic acids is 1. The van der Waals surface area contributed by atoms with Crippen LogP contribution in [0, 0.1) is 0 Å². The van der Waals surface area contributed by atoms with Crippen LogP contribution in [-0.2, 0) is 19.6 Å². The SMILES string of the molecule is CC1=CC2(CCN(C(=O)CCNS(C)(=O)=O)CC2)OCC1. The second kappa shape index (κ2) is 6.46. The fourth-order valence-electron chi connectivity index (χ4n) is 2.90. The normalized spacial score (nSPS) is 22.2. The largest absolute Gasteiger partial charge is 0.370 e. The molecular formula is C14H24N2O4S. The highest BCUT2D eigenvalue weighted by atomic mass is 32.2. The zero-order chi connectivity index (χ0) is 15.5. The summed E-state index contributed by atoms with van der Waals surface area (Å²) >= 11 is 0. The zero-order valence-electron chi connectivity index (χ0n) is 12.7. The van der Waals surface area contributed by atoms with Crippen molar-refractivity contribution in [2.75, 3.05) is 32.5 Å². The summed E-state index contributed by atoms with van der Waals surface area (Å²) in [5.74, 6) is -0.00230. The highest BCUT2D eigenvalue weighted by Crippen LogP contribution is 2.33. The summed E-state index contributed by atoms with van der Waals surface area (Å²) in [6, 6.07) is 0. The van der Waals surface area contributed by atoms with E-state index in [9.17, 15) is 13.2 Å². The van der Waals surface area contributed by atoms with Crippen molar-refractivity contribution >= 4 is 15.9 Å². The maximum Gasteiger partial charge on any atom is 0.223 e. The molecule has 2 rings (SSSR count). The number of ether oxygens (including phenoxy) is 1. The minimum absolute atomic E-state index is 0.00230. The number of amides is 1. The van der Waals surface area contributed by atoms with Gasteiger partial charge in [0.1, 0.15) is 0 Å². The van der Waals surface area contributed by atoms with Crippen LogP contribution in [-0.4, -0.2) is 57.3 Å². The van der Waals surface area contributed by atoms with Crippen molar-refractivity contribution in [3.63, 3.8) is 0 Å². The Labute approximate surface area is 126 Å². The van der Waals surface area contributed by atoms with Gasteiger partial charge in [0, 0.05) is 26.1 Å². The first kappa shape index (κ1) is 16.5. The molecule has 0 atom stereocenters. The van der Waals surface area contributed by atoms with E-state index in [1.807, 2.05) is 0 Å². The lowest BCUT2D eigenvalue weighted by molar-refractivity contribution is -0.136. The van der Waals surface area contributed by atoms with Gasteiger partial charge < -0.3 is 9.64 Å². The van der Waals surface area contributed by atoms with Gasteiger partial charge in [0.2, 0.25) is 15.9 Å². The molecule has 1 amide bonds. The number of piperidine rings is 1. The van der Waals surface area contributed by atoms with E-state index in [1.165, 1.54) is 5.57 Å². The lowest BCUT2D eigenvalue weighted by Crippen LogP contribution is -2.48. The van der Waals surface area contributed by atoms with Crippen LogP contribution in [0.5, 0.6) is 0 Å². The summed E-state index contributed by atoms with van der Waals surface area (Å²) < 4.78 is 30.2. The molecule has 7 heteroatoms. The van der Waals surface area contributed by atoms with E-state index in [4.69, 9.17) is 4.74 Å². The average molecular weight is 316 g/mol. The molecule has 0 aromatic rings. The highest BCUT2D eigenvalue weighted by Gasteiger charge is 2.36. The van der Waals surface area contributed by atoms with E-state index >= 15 is 0 Å². The molecular weight excluding hydrogens is 292 g/mol. The molecule has 2 heterocycles. The molecule has 1 spiro atoms. The van der Waals surface area contributed by atoms with E-state index in [2.05, 4.69) is 17.7 Å². The van der Waals surface area contributed by atoms with E-state index in [0.29, 0.717) is 13.1 Å². The van der Waals surface area contributed by atoms with Crippen LogP contribution in [0.15, 0.2) is 11.6 Å². The minimum atomic E-state index is -3.23. The van der Waals surface area contributed by atoms with Gasteiger partial charge in [-0.1, -0.05) is 11.6 Å². The molecule has 0 saturated carbocycles. The van der Waals surface area contributed by atoms with Crippen molar-refractivity contribution in [1.82, 2.24) is 9.62 Å². The first-order chi connectivity index (χ1) is 9.80. The molecule has 21 heavy (non-hydrogen) atoms. The number of hydrogen-bond donors (Lipinski definition) is 1. The number of rotatable bonds is 4. The molecule has 2 aliphatic heterocycles. The Kier molecular flexibility index (Phi) is 5.06. The van der Waals surface area contributed by atoms with Crippen molar-refractivity contribution in [2.45, 2.75) is 38.2 Å². The first-order valence-electron chi connectivity index (χ1n) is 7.34. The molecule has 1 saturated heterocycles. The number of nitrogens with one attached hydrogen (secondary N) is 1. The number of hydrogen-bond acceptors (Lipinski definition) is 4. The fraction of sp³-hybridized carbons (Fsp3) is 0.786. The Balaban J connectivity index is 1.81. The van der Waals surface area contributed by atoms with Crippen molar-refractivity contribution < 1.29 is 17.9 Å². The summed E-state index contributed by atoms with van der Waals surface area (Å²) in [7, 11) is -3.23. The van der Waals surface area contributed by atoms with E-state index < -0.39 is 10.0 Å². The van der Waals surface area contributed by atoms with Crippen molar-refractivity contribution in [3.05, 3.63) is 11.6 Å². The second-order valence-corrected chi connectivity index (χ2v) is 7.78. The predicted molar refractivity (Wildman–Crippen MR) is 80.3 cm³/mol. The number of likely N-dealkylation sites (tertiary alicyclic amines) is 1. The van der Waals surface area contributed by atoms with Crippen molar-refractivity contribution in [2.24, 2.45) is 0 Å². The Morgan fingerprint density at radius 3 is 2.67 bits per heavy atom. The third kappa shape index (κ3) is 4.79. The van der Waals surface area contributed by atoms with Crippen LogP contribution in [0.3, 0.4) is 0 Å². The topological polar surface area (TPSA) is 75.7 Å². The first-order valence-corrected chi connectivity index (χ1v) is 9.24. The molecule has 0 radical (unpaired) electrons. The van der Waals surface area contributed by atoms with Gasteiger partial charge in [0.05, 0.1) is 18.5 Å². The number of sulfonamides is 1. The maximum atomic E-state index is 12.1. The Morgan fingerprint density at radius 1 is 1.43 bits per heavy atom. The van der Waals surface area contributed by atoms with Crippen molar-refractivity contribution in [3.8, 4) is 0 Å². The van der Waals surface area contributed by atoms with Crippen LogP contribution in [0.1, 0.15) is 32.6 Å². The molecule has 1 N–H and O–H groups in total. The molecule has 0 bridgehead atoms. The number of carbonyl (C=O) groups is 1. The summed E-state index contributed by atoms with van der Waals surface area (Å²) in [6.45, 7) is 4.38. The Hall–Kier alpha value is -0.920. The summed E-state index contributed by atoms with van der Waals surface area (Å²) in [6.07, 6.45) is 6.13. The highest BCUT2D eigenvalue weighted by molar-refractivity contribution is 7.88. The third-order valence-electron chi connectivity index (χ3n) is 4.06. The summed E-state index contributed by atoms with van der Waals surface area (Å²) in [4.78, 5) is 13.9. The van der Waals surface area contributed by atoms with Gasteiger partial charge in [-0.05, 0) is 26.2 Å². The minimum Gasteiger partial charge on any atom is -0.370 e. The van der Waals surface area contributed by atoms with Gasteiger partial charge in [-0.2, -0.15) is 0 Å². The van der Waals surface area contributed by atoms with Gasteiger partial charge in [0.15, 0.2) is 0 Å². The van der Waals surface area contributed by atoms with E-state index in [0.717, 1.165) is 32.1 Å². The second-order valence-electron chi connectivity index (χ2n) is 5.95. The fourth-order valence-corrected chi connectivity index (χ4v) is 3.38. The maximum absolute atomic E-state index is 12.1. The Morgan fingerprint density at radius 2 is 2.10 bits per heavy atom. The lowest BCUT2D eigenvalue weighted by Gasteiger charge is -2.42.